The Morgan fingerprint density at radius 1 is 1.44 bits per heavy atom. The Hall–Kier alpha value is -1.38. The summed E-state index contributed by atoms with van der Waals surface area (Å²) in [5.41, 5.74) is 2.77. The summed E-state index contributed by atoms with van der Waals surface area (Å²) in [7, 11) is 0. The predicted octanol–water partition coefficient (Wildman–Crippen LogP) is 3.46. The molecule has 0 aliphatic carbocycles. The van der Waals surface area contributed by atoms with Crippen molar-refractivity contribution in [2.24, 2.45) is 5.92 Å². The van der Waals surface area contributed by atoms with Crippen molar-refractivity contribution in [1.82, 2.24) is 0 Å². The second kappa shape index (κ2) is 5.09. The lowest BCUT2D eigenvalue weighted by Gasteiger charge is -2.31. The Bertz CT molecular complexity index is 468. The third-order valence-electron chi connectivity index (χ3n) is 3.33. The molecule has 98 valence electrons. The quantitative estimate of drug-likeness (QED) is 0.786. The van der Waals surface area contributed by atoms with Gasteiger partial charge in [0.15, 0.2) is 0 Å². The highest BCUT2D eigenvalue weighted by Crippen LogP contribution is 2.32. The molecule has 2 nitrogen and oxygen atoms in total. The fraction of sp³-hybridized carbons (Fsp3) is 0.533. The average Bonchev–Trinajstić information content (AvgIpc) is 2.26. The minimum Gasteiger partial charge on any atom is -0.312 e. The fourth-order valence-corrected chi connectivity index (χ4v) is 2.63. The first kappa shape index (κ1) is 13.1. The van der Waals surface area contributed by atoms with Gasteiger partial charge in [-0.3, -0.25) is 4.79 Å². The molecule has 0 unspecified atom stereocenters. The third kappa shape index (κ3) is 2.55. The zero-order chi connectivity index (χ0) is 13.3. The summed E-state index contributed by atoms with van der Waals surface area (Å²) in [6, 6.07) is 3.08. The van der Waals surface area contributed by atoms with Crippen molar-refractivity contribution in [2.75, 3.05) is 11.4 Å². The number of carbonyl (C=O) groups excluding carboxylic acids is 1. The molecule has 0 N–H and O–H groups in total. The second-order valence-electron chi connectivity index (χ2n) is 5.48. The number of amides is 1. The number of hydrogen-bond donors (Lipinski definition) is 0. The lowest BCUT2D eigenvalue weighted by molar-refractivity contribution is -0.119. The maximum atomic E-state index is 13.4. The van der Waals surface area contributed by atoms with Crippen molar-refractivity contribution in [3.05, 3.63) is 29.1 Å². The van der Waals surface area contributed by atoms with E-state index in [9.17, 15) is 9.18 Å². The van der Waals surface area contributed by atoms with Crippen LogP contribution in [0.3, 0.4) is 0 Å². The van der Waals surface area contributed by atoms with Crippen molar-refractivity contribution >= 4 is 11.6 Å². The Morgan fingerprint density at radius 3 is 2.83 bits per heavy atom. The SMILES string of the molecule is Cc1cc(F)cc2c1N(C(=O)CC(C)C)CCC2. The van der Waals surface area contributed by atoms with Crippen LogP contribution in [-0.2, 0) is 11.2 Å². The number of carbonyl (C=O) groups is 1. The molecule has 0 bridgehead atoms. The second-order valence-corrected chi connectivity index (χ2v) is 5.48. The zero-order valence-electron chi connectivity index (χ0n) is 11.3. The highest BCUT2D eigenvalue weighted by Gasteiger charge is 2.25. The van der Waals surface area contributed by atoms with E-state index in [-0.39, 0.29) is 11.7 Å². The first-order chi connectivity index (χ1) is 8.49. The number of aryl methyl sites for hydroxylation is 2. The topological polar surface area (TPSA) is 20.3 Å². The fourth-order valence-electron chi connectivity index (χ4n) is 2.63. The largest absolute Gasteiger partial charge is 0.312 e. The lowest BCUT2D eigenvalue weighted by Crippen LogP contribution is -2.36. The highest BCUT2D eigenvalue weighted by molar-refractivity contribution is 5.95. The summed E-state index contributed by atoms with van der Waals surface area (Å²) in [4.78, 5) is 14.1. The molecule has 1 heterocycles. The van der Waals surface area contributed by atoms with E-state index in [1.165, 1.54) is 6.07 Å². The molecular weight excluding hydrogens is 229 g/mol. The van der Waals surface area contributed by atoms with Crippen molar-refractivity contribution in [3.8, 4) is 0 Å². The smallest absolute Gasteiger partial charge is 0.227 e. The van der Waals surface area contributed by atoms with Gasteiger partial charge >= 0.3 is 0 Å². The summed E-state index contributed by atoms with van der Waals surface area (Å²) in [6.07, 6.45) is 2.33. The van der Waals surface area contributed by atoms with Gasteiger partial charge in [-0.15, -0.1) is 0 Å². The number of rotatable bonds is 2. The average molecular weight is 249 g/mol. The van der Waals surface area contributed by atoms with E-state index in [4.69, 9.17) is 0 Å². The van der Waals surface area contributed by atoms with Crippen LogP contribution >= 0.6 is 0 Å². The minimum atomic E-state index is -0.204. The summed E-state index contributed by atoms with van der Waals surface area (Å²) in [5.74, 6) is 0.300. The number of nitrogens with zero attached hydrogens (tertiary/aromatic N) is 1. The first-order valence-corrected chi connectivity index (χ1v) is 6.58. The van der Waals surface area contributed by atoms with Crippen LogP contribution in [0, 0.1) is 18.7 Å². The molecule has 3 heteroatoms. The van der Waals surface area contributed by atoms with Crippen LogP contribution < -0.4 is 4.90 Å². The highest BCUT2D eigenvalue weighted by atomic mass is 19.1. The van der Waals surface area contributed by atoms with Gasteiger partial charge in [-0.05, 0) is 48.9 Å². The number of benzene rings is 1. The Balaban J connectivity index is 2.36. The number of halogens is 1. The van der Waals surface area contributed by atoms with Gasteiger partial charge in [0.1, 0.15) is 5.82 Å². The lowest BCUT2D eigenvalue weighted by atomic mass is 9.97. The minimum absolute atomic E-state index is 0.153. The molecule has 0 fully saturated rings. The van der Waals surface area contributed by atoms with Gasteiger partial charge in [-0.2, -0.15) is 0 Å². The molecule has 1 amide bonds. The first-order valence-electron chi connectivity index (χ1n) is 6.58. The summed E-state index contributed by atoms with van der Waals surface area (Å²) >= 11 is 0. The molecule has 0 aromatic heterocycles. The van der Waals surface area contributed by atoms with E-state index in [1.807, 2.05) is 25.7 Å². The molecule has 1 aliphatic heterocycles. The maximum Gasteiger partial charge on any atom is 0.227 e. The van der Waals surface area contributed by atoms with Gasteiger partial charge in [-0.25, -0.2) is 4.39 Å². The Kier molecular flexibility index (Phi) is 3.69. The van der Waals surface area contributed by atoms with Crippen LogP contribution in [0.1, 0.15) is 37.8 Å². The number of anilines is 1. The van der Waals surface area contributed by atoms with Crippen molar-refractivity contribution in [1.29, 1.82) is 0 Å². The van der Waals surface area contributed by atoms with Gasteiger partial charge in [0.2, 0.25) is 5.91 Å². The van der Waals surface area contributed by atoms with E-state index in [0.29, 0.717) is 12.3 Å². The molecular formula is C15H20FNO. The van der Waals surface area contributed by atoms with Gasteiger partial charge < -0.3 is 4.90 Å². The Labute approximate surface area is 108 Å². The third-order valence-corrected chi connectivity index (χ3v) is 3.33. The van der Waals surface area contributed by atoms with Gasteiger partial charge in [0, 0.05) is 18.7 Å². The molecule has 1 aromatic carbocycles. The number of fused-ring (bicyclic) bond motifs is 1. The molecule has 1 aromatic rings. The maximum absolute atomic E-state index is 13.4. The van der Waals surface area contributed by atoms with Crippen LogP contribution in [-0.4, -0.2) is 12.5 Å². The number of hydrogen-bond acceptors (Lipinski definition) is 1. The molecule has 2 rings (SSSR count). The molecule has 18 heavy (non-hydrogen) atoms. The summed E-state index contributed by atoms with van der Waals surface area (Å²) < 4.78 is 13.4. The van der Waals surface area contributed by atoms with Crippen LogP contribution in [0.15, 0.2) is 12.1 Å². The van der Waals surface area contributed by atoms with E-state index >= 15 is 0 Å². The van der Waals surface area contributed by atoms with Crippen molar-refractivity contribution < 1.29 is 9.18 Å². The molecule has 1 aliphatic rings. The normalized spacial score (nSPS) is 14.8. The van der Waals surface area contributed by atoms with E-state index in [2.05, 4.69) is 0 Å². The van der Waals surface area contributed by atoms with Gasteiger partial charge in [0.05, 0.1) is 0 Å². The van der Waals surface area contributed by atoms with Crippen LogP contribution in [0.5, 0.6) is 0 Å². The van der Waals surface area contributed by atoms with Crippen LogP contribution in [0.4, 0.5) is 10.1 Å². The molecule has 0 atom stereocenters. The zero-order valence-corrected chi connectivity index (χ0v) is 11.3. The molecule has 0 saturated heterocycles. The molecule has 0 radical (unpaired) electrons. The van der Waals surface area contributed by atoms with E-state index in [1.54, 1.807) is 6.07 Å². The molecule has 0 saturated carbocycles. The summed E-state index contributed by atoms with van der Waals surface area (Å²) in [5, 5.41) is 0. The summed E-state index contributed by atoms with van der Waals surface area (Å²) in [6.45, 7) is 6.72. The van der Waals surface area contributed by atoms with E-state index < -0.39 is 0 Å². The Morgan fingerprint density at radius 2 is 2.17 bits per heavy atom. The van der Waals surface area contributed by atoms with Crippen LogP contribution in [0.25, 0.3) is 0 Å². The standard InChI is InChI=1S/C15H20FNO/c1-10(2)7-14(18)17-6-4-5-12-9-13(16)8-11(3)15(12)17/h8-10H,4-7H2,1-3H3. The van der Waals surface area contributed by atoms with Gasteiger partial charge in [0.25, 0.3) is 0 Å². The van der Waals surface area contributed by atoms with Crippen molar-refractivity contribution in [3.63, 3.8) is 0 Å². The van der Waals surface area contributed by atoms with E-state index in [0.717, 1.165) is 36.2 Å². The predicted molar refractivity (Wildman–Crippen MR) is 71.3 cm³/mol. The van der Waals surface area contributed by atoms with Crippen LogP contribution in [0.2, 0.25) is 0 Å². The van der Waals surface area contributed by atoms with Gasteiger partial charge in [-0.1, -0.05) is 13.8 Å². The van der Waals surface area contributed by atoms with Crippen molar-refractivity contribution in [2.45, 2.75) is 40.0 Å². The molecule has 0 spiro atoms. The monoisotopic (exact) mass is 249 g/mol.